The van der Waals surface area contributed by atoms with E-state index in [4.69, 9.17) is 11.6 Å². The predicted octanol–water partition coefficient (Wildman–Crippen LogP) is 2.30. The molecule has 0 spiro atoms. The smallest absolute Gasteiger partial charge is 0.322 e. The van der Waals surface area contributed by atoms with Crippen LogP contribution in [0.5, 0.6) is 0 Å². The molecule has 0 radical (unpaired) electrons. The topological polar surface area (TPSA) is 64.7 Å². The number of piperazine rings is 1. The number of rotatable bonds is 2. The van der Waals surface area contributed by atoms with E-state index < -0.39 is 0 Å². The number of nitrogens with zero attached hydrogens (tertiary/aromatic N) is 2. The Morgan fingerprint density at radius 1 is 1.20 bits per heavy atom. The number of halogens is 1. The number of hydrogen-bond acceptors (Lipinski definition) is 3. The normalized spacial score (nSPS) is 29.4. The Balaban J connectivity index is 1.41. The summed E-state index contributed by atoms with van der Waals surface area (Å²) < 4.78 is 0. The maximum atomic E-state index is 12.8. The van der Waals surface area contributed by atoms with Crippen LogP contribution in [0.4, 0.5) is 10.5 Å². The minimum Gasteiger partial charge on any atom is -0.354 e. The summed E-state index contributed by atoms with van der Waals surface area (Å²) in [6, 6.07) is 8.12. The number of amides is 3. The van der Waals surface area contributed by atoms with Crippen molar-refractivity contribution in [2.45, 2.75) is 43.8 Å². The number of carbonyl (C=O) groups excluding carboxylic acids is 2. The first-order valence-corrected chi connectivity index (χ1v) is 9.33. The lowest BCUT2D eigenvalue weighted by Crippen LogP contribution is -2.57. The van der Waals surface area contributed by atoms with E-state index in [2.05, 4.69) is 15.5 Å². The van der Waals surface area contributed by atoms with E-state index in [9.17, 15) is 9.59 Å². The average molecular weight is 363 g/mol. The molecule has 3 amide bonds. The summed E-state index contributed by atoms with van der Waals surface area (Å²) in [6.45, 7) is 2.12. The van der Waals surface area contributed by atoms with Gasteiger partial charge < -0.3 is 15.5 Å². The molecular formula is C18H23ClN4O2. The van der Waals surface area contributed by atoms with Crippen molar-refractivity contribution in [1.82, 2.24) is 15.1 Å². The summed E-state index contributed by atoms with van der Waals surface area (Å²) in [4.78, 5) is 28.7. The van der Waals surface area contributed by atoms with Crippen molar-refractivity contribution in [2.24, 2.45) is 0 Å². The number of fused-ring (bicyclic) bond motifs is 2. The third kappa shape index (κ3) is 3.46. The van der Waals surface area contributed by atoms with Crippen LogP contribution in [0.25, 0.3) is 0 Å². The Bertz CT molecular complexity index is 669. The predicted molar refractivity (Wildman–Crippen MR) is 96.7 cm³/mol. The second-order valence-corrected chi connectivity index (χ2v) is 7.61. The Labute approximate surface area is 152 Å². The highest BCUT2D eigenvalue weighted by molar-refractivity contribution is 6.30. The molecule has 3 aliphatic heterocycles. The molecule has 0 aliphatic carbocycles. The van der Waals surface area contributed by atoms with Gasteiger partial charge in [-0.15, -0.1) is 0 Å². The van der Waals surface area contributed by atoms with Crippen LogP contribution in [0.15, 0.2) is 24.3 Å². The molecule has 6 nitrogen and oxygen atoms in total. The molecule has 25 heavy (non-hydrogen) atoms. The SMILES string of the molecule is O=C1CN(C2CC3CCC(C2)N3C(=O)Nc2cccc(Cl)c2)CCN1. The lowest BCUT2D eigenvalue weighted by atomic mass is 9.95. The zero-order valence-corrected chi connectivity index (χ0v) is 14.8. The van der Waals surface area contributed by atoms with Gasteiger partial charge >= 0.3 is 6.03 Å². The molecule has 134 valence electrons. The van der Waals surface area contributed by atoms with Gasteiger partial charge in [0.2, 0.25) is 5.91 Å². The van der Waals surface area contributed by atoms with Crippen LogP contribution >= 0.6 is 11.6 Å². The first kappa shape index (κ1) is 16.7. The van der Waals surface area contributed by atoms with Crippen molar-refractivity contribution in [3.8, 4) is 0 Å². The first-order valence-electron chi connectivity index (χ1n) is 8.96. The molecule has 3 heterocycles. The number of urea groups is 1. The van der Waals surface area contributed by atoms with Crippen molar-refractivity contribution >= 4 is 29.2 Å². The number of anilines is 1. The highest BCUT2D eigenvalue weighted by Gasteiger charge is 2.45. The van der Waals surface area contributed by atoms with E-state index in [1.807, 2.05) is 17.0 Å². The zero-order chi connectivity index (χ0) is 17.4. The van der Waals surface area contributed by atoms with Gasteiger partial charge in [0.05, 0.1) is 6.54 Å². The first-order chi connectivity index (χ1) is 12.1. The molecule has 3 saturated heterocycles. The third-order valence-electron chi connectivity index (χ3n) is 5.60. The fourth-order valence-electron chi connectivity index (χ4n) is 4.50. The van der Waals surface area contributed by atoms with Crippen LogP contribution in [0, 0.1) is 0 Å². The third-order valence-corrected chi connectivity index (χ3v) is 5.84. The Morgan fingerprint density at radius 2 is 1.96 bits per heavy atom. The van der Waals surface area contributed by atoms with Crippen molar-refractivity contribution in [2.75, 3.05) is 25.0 Å². The molecule has 4 rings (SSSR count). The number of hydrogen-bond donors (Lipinski definition) is 2. The van der Waals surface area contributed by atoms with Gasteiger partial charge in [0.1, 0.15) is 0 Å². The lowest BCUT2D eigenvalue weighted by Gasteiger charge is -2.44. The molecule has 3 fully saturated rings. The molecule has 1 aromatic rings. The van der Waals surface area contributed by atoms with Crippen molar-refractivity contribution in [1.29, 1.82) is 0 Å². The molecule has 1 aromatic carbocycles. The average Bonchev–Trinajstić information content (AvgIpc) is 2.85. The monoisotopic (exact) mass is 362 g/mol. The maximum Gasteiger partial charge on any atom is 0.322 e. The van der Waals surface area contributed by atoms with E-state index in [1.165, 1.54) is 0 Å². The maximum absolute atomic E-state index is 12.8. The van der Waals surface area contributed by atoms with Gasteiger partial charge in [0, 0.05) is 41.9 Å². The standard InChI is InChI=1S/C18H23ClN4O2/c19-12-2-1-3-13(8-12)21-18(25)23-14-4-5-15(23)10-16(9-14)22-7-6-20-17(24)11-22/h1-3,8,14-16H,4-7,9-11H2,(H,20,24)(H,21,25). The fraction of sp³-hybridized carbons (Fsp3) is 0.556. The van der Waals surface area contributed by atoms with Gasteiger partial charge in [-0.2, -0.15) is 0 Å². The molecule has 0 saturated carbocycles. The molecule has 3 aliphatic rings. The summed E-state index contributed by atoms with van der Waals surface area (Å²) in [5.74, 6) is 0.111. The van der Waals surface area contributed by atoms with Crippen LogP contribution in [0.2, 0.25) is 5.02 Å². The Kier molecular flexibility index (Phi) is 4.56. The summed E-state index contributed by atoms with van der Waals surface area (Å²) >= 11 is 6.00. The number of benzene rings is 1. The second-order valence-electron chi connectivity index (χ2n) is 7.18. The van der Waals surface area contributed by atoms with Crippen LogP contribution in [0.1, 0.15) is 25.7 Å². The molecular weight excluding hydrogens is 340 g/mol. The van der Waals surface area contributed by atoms with Crippen molar-refractivity contribution < 1.29 is 9.59 Å². The minimum absolute atomic E-state index is 0.0374. The summed E-state index contributed by atoms with van der Waals surface area (Å²) in [6.07, 6.45) is 3.99. The van der Waals surface area contributed by atoms with Crippen molar-refractivity contribution in [3.05, 3.63) is 29.3 Å². The van der Waals surface area contributed by atoms with Crippen LogP contribution in [0.3, 0.4) is 0 Å². The van der Waals surface area contributed by atoms with Crippen LogP contribution in [-0.2, 0) is 4.79 Å². The Hall–Kier alpha value is -1.79. The van der Waals surface area contributed by atoms with E-state index in [1.54, 1.807) is 12.1 Å². The van der Waals surface area contributed by atoms with Gasteiger partial charge in [-0.25, -0.2) is 4.79 Å². The lowest BCUT2D eigenvalue weighted by molar-refractivity contribution is -0.125. The fourth-order valence-corrected chi connectivity index (χ4v) is 4.69. The van der Waals surface area contributed by atoms with E-state index >= 15 is 0 Å². The second kappa shape index (κ2) is 6.84. The molecule has 2 unspecified atom stereocenters. The molecule has 0 aromatic heterocycles. The number of nitrogens with one attached hydrogen (secondary N) is 2. The highest BCUT2D eigenvalue weighted by atomic mass is 35.5. The Morgan fingerprint density at radius 3 is 2.64 bits per heavy atom. The van der Waals surface area contributed by atoms with Gasteiger partial charge in [-0.3, -0.25) is 9.69 Å². The number of piperidine rings is 1. The van der Waals surface area contributed by atoms with Gasteiger partial charge in [-0.05, 0) is 43.9 Å². The van der Waals surface area contributed by atoms with E-state index in [-0.39, 0.29) is 24.0 Å². The zero-order valence-electron chi connectivity index (χ0n) is 14.1. The summed E-state index contributed by atoms with van der Waals surface area (Å²) in [5, 5.41) is 6.48. The van der Waals surface area contributed by atoms with Gasteiger partial charge in [0.25, 0.3) is 0 Å². The van der Waals surface area contributed by atoms with Crippen LogP contribution < -0.4 is 10.6 Å². The largest absolute Gasteiger partial charge is 0.354 e. The van der Waals surface area contributed by atoms with E-state index in [0.717, 1.165) is 44.5 Å². The number of carbonyl (C=O) groups is 2. The molecule has 2 bridgehead atoms. The van der Waals surface area contributed by atoms with E-state index in [0.29, 0.717) is 17.6 Å². The quantitative estimate of drug-likeness (QED) is 0.848. The summed E-state index contributed by atoms with van der Waals surface area (Å²) in [5.41, 5.74) is 0.728. The molecule has 2 atom stereocenters. The van der Waals surface area contributed by atoms with Gasteiger partial charge in [0.15, 0.2) is 0 Å². The highest BCUT2D eigenvalue weighted by Crippen LogP contribution is 2.38. The van der Waals surface area contributed by atoms with Crippen LogP contribution in [-0.4, -0.2) is 59.5 Å². The van der Waals surface area contributed by atoms with Gasteiger partial charge in [-0.1, -0.05) is 17.7 Å². The molecule has 2 N–H and O–H groups in total. The van der Waals surface area contributed by atoms with Crippen molar-refractivity contribution in [3.63, 3.8) is 0 Å². The molecule has 7 heteroatoms. The summed E-state index contributed by atoms with van der Waals surface area (Å²) in [7, 11) is 0. The minimum atomic E-state index is -0.0374.